The van der Waals surface area contributed by atoms with Crippen LogP contribution in [0, 0.1) is 11.8 Å². The molecule has 1 N–H and O–H groups in total. The van der Waals surface area contributed by atoms with Gasteiger partial charge in [-0.3, -0.25) is 4.79 Å². The Hall–Kier alpha value is -1.16. The van der Waals surface area contributed by atoms with Gasteiger partial charge in [0.15, 0.2) is 0 Å². The topological polar surface area (TPSA) is 38.3 Å². The third kappa shape index (κ3) is 3.37. The molecule has 1 amide bonds. The molecule has 114 valence electrons. The average Bonchev–Trinajstić information content (AvgIpc) is 3.10. The van der Waals surface area contributed by atoms with Crippen molar-refractivity contribution < 1.29 is 9.53 Å². The Morgan fingerprint density at radius 3 is 2.62 bits per heavy atom. The summed E-state index contributed by atoms with van der Waals surface area (Å²) in [7, 11) is 1.66. The highest BCUT2D eigenvalue weighted by Gasteiger charge is 2.40. The second-order valence-corrected chi connectivity index (χ2v) is 7.64. The van der Waals surface area contributed by atoms with Gasteiger partial charge in [-0.2, -0.15) is 0 Å². The Balaban J connectivity index is 1.52. The van der Waals surface area contributed by atoms with Crippen molar-refractivity contribution in [2.75, 3.05) is 7.11 Å². The van der Waals surface area contributed by atoms with Gasteiger partial charge in [-0.1, -0.05) is 6.42 Å². The van der Waals surface area contributed by atoms with Crippen LogP contribution in [-0.2, 0) is 4.79 Å². The fourth-order valence-corrected chi connectivity index (χ4v) is 4.51. The Kier molecular flexibility index (Phi) is 4.43. The van der Waals surface area contributed by atoms with Gasteiger partial charge in [-0.25, -0.2) is 0 Å². The molecular weight excluding hydrogens is 282 g/mol. The van der Waals surface area contributed by atoms with E-state index in [-0.39, 0.29) is 11.2 Å². The molecular formula is C17H23NO2S. The molecule has 4 atom stereocenters. The first-order valence-electron chi connectivity index (χ1n) is 7.77. The lowest BCUT2D eigenvalue weighted by atomic mass is 9.95. The molecule has 0 spiro atoms. The molecule has 0 unspecified atom stereocenters. The smallest absolute Gasteiger partial charge is 0.233 e. The zero-order valence-corrected chi connectivity index (χ0v) is 13.5. The molecule has 2 aliphatic rings. The standard InChI is InChI=1S/C17H23NO2S/c1-11(21-15-7-5-14(20-2)6-8-15)17(19)18-16-10-12-3-4-13(16)9-12/h5-8,11-13,16H,3-4,9-10H2,1-2H3,(H,18,19)/t11-,12-,13-,16+/m1/s1. The largest absolute Gasteiger partial charge is 0.497 e. The highest BCUT2D eigenvalue weighted by molar-refractivity contribution is 8.00. The van der Waals surface area contributed by atoms with Crippen molar-refractivity contribution in [3.8, 4) is 5.75 Å². The van der Waals surface area contributed by atoms with Crippen molar-refractivity contribution in [2.45, 2.75) is 48.8 Å². The maximum Gasteiger partial charge on any atom is 0.233 e. The molecule has 0 heterocycles. The Morgan fingerprint density at radius 2 is 2.05 bits per heavy atom. The van der Waals surface area contributed by atoms with Crippen molar-refractivity contribution in [3.05, 3.63) is 24.3 Å². The molecule has 2 bridgehead atoms. The number of amides is 1. The zero-order chi connectivity index (χ0) is 14.8. The normalized spacial score (nSPS) is 28.4. The molecule has 0 radical (unpaired) electrons. The summed E-state index contributed by atoms with van der Waals surface area (Å²) in [5.41, 5.74) is 0. The van der Waals surface area contributed by atoms with E-state index in [2.05, 4.69) is 5.32 Å². The summed E-state index contributed by atoms with van der Waals surface area (Å²) in [6.07, 6.45) is 5.18. The summed E-state index contributed by atoms with van der Waals surface area (Å²) in [6, 6.07) is 8.30. The number of thioether (sulfide) groups is 1. The second-order valence-electron chi connectivity index (χ2n) is 6.23. The molecule has 21 heavy (non-hydrogen) atoms. The lowest BCUT2D eigenvalue weighted by Gasteiger charge is -2.24. The highest BCUT2D eigenvalue weighted by Crippen LogP contribution is 2.44. The van der Waals surface area contributed by atoms with E-state index in [1.807, 2.05) is 31.2 Å². The number of carbonyl (C=O) groups is 1. The van der Waals surface area contributed by atoms with Gasteiger partial charge in [0.05, 0.1) is 12.4 Å². The zero-order valence-electron chi connectivity index (χ0n) is 12.7. The summed E-state index contributed by atoms with van der Waals surface area (Å²) >= 11 is 1.61. The maximum absolute atomic E-state index is 12.3. The quantitative estimate of drug-likeness (QED) is 0.846. The van der Waals surface area contributed by atoms with E-state index in [4.69, 9.17) is 4.74 Å². The molecule has 2 saturated carbocycles. The van der Waals surface area contributed by atoms with Crippen molar-refractivity contribution in [2.24, 2.45) is 11.8 Å². The summed E-state index contributed by atoms with van der Waals surface area (Å²) in [6.45, 7) is 1.98. The average molecular weight is 305 g/mol. The molecule has 4 heteroatoms. The van der Waals surface area contributed by atoms with Gasteiger partial charge in [0, 0.05) is 10.9 Å². The monoisotopic (exact) mass is 305 g/mol. The van der Waals surface area contributed by atoms with Crippen LogP contribution in [0.15, 0.2) is 29.2 Å². The van der Waals surface area contributed by atoms with Crippen LogP contribution in [0.5, 0.6) is 5.75 Å². The maximum atomic E-state index is 12.3. The van der Waals surface area contributed by atoms with Gasteiger partial charge >= 0.3 is 0 Å². The Labute approximate surface area is 130 Å². The molecule has 0 aliphatic heterocycles. The van der Waals surface area contributed by atoms with E-state index in [1.165, 1.54) is 25.7 Å². The molecule has 0 aromatic heterocycles. The summed E-state index contributed by atoms with van der Waals surface area (Å²) in [5.74, 6) is 2.62. The van der Waals surface area contributed by atoms with Crippen LogP contribution in [0.4, 0.5) is 0 Å². The fourth-order valence-electron chi connectivity index (χ4n) is 3.63. The number of benzene rings is 1. The van der Waals surface area contributed by atoms with Gasteiger partial charge in [0.1, 0.15) is 5.75 Å². The third-order valence-electron chi connectivity index (χ3n) is 4.81. The fraction of sp³-hybridized carbons (Fsp3) is 0.588. The van der Waals surface area contributed by atoms with Crippen molar-refractivity contribution >= 4 is 17.7 Å². The minimum atomic E-state index is -0.0579. The summed E-state index contributed by atoms with van der Waals surface area (Å²) in [4.78, 5) is 13.4. The van der Waals surface area contributed by atoms with E-state index in [9.17, 15) is 4.79 Å². The summed E-state index contributed by atoms with van der Waals surface area (Å²) in [5, 5.41) is 3.21. The number of methoxy groups -OCH3 is 1. The van der Waals surface area contributed by atoms with Crippen LogP contribution >= 0.6 is 11.8 Å². The van der Waals surface area contributed by atoms with Gasteiger partial charge in [0.2, 0.25) is 5.91 Å². The minimum absolute atomic E-state index is 0.0579. The molecule has 2 aliphatic carbocycles. The van der Waals surface area contributed by atoms with Crippen molar-refractivity contribution in [1.82, 2.24) is 5.32 Å². The first kappa shape index (κ1) is 14.8. The van der Waals surface area contributed by atoms with Crippen LogP contribution in [0.1, 0.15) is 32.6 Å². The van der Waals surface area contributed by atoms with Gasteiger partial charge in [0.25, 0.3) is 0 Å². The van der Waals surface area contributed by atoms with Crippen LogP contribution in [-0.4, -0.2) is 24.3 Å². The second kappa shape index (κ2) is 6.30. The molecule has 1 aromatic rings. The van der Waals surface area contributed by atoms with Gasteiger partial charge in [-0.05, 0) is 62.3 Å². The summed E-state index contributed by atoms with van der Waals surface area (Å²) < 4.78 is 5.15. The number of hydrogen-bond donors (Lipinski definition) is 1. The minimum Gasteiger partial charge on any atom is -0.497 e. The Morgan fingerprint density at radius 1 is 1.29 bits per heavy atom. The number of hydrogen-bond acceptors (Lipinski definition) is 3. The first-order chi connectivity index (χ1) is 10.2. The van der Waals surface area contributed by atoms with Crippen molar-refractivity contribution in [1.29, 1.82) is 0 Å². The van der Waals surface area contributed by atoms with E-state index in [1.54, 1.807) is 18.9 Å². The van der Waals surface area contributed by atoms with E-state index in [0.29, 0.717) is 6.04 Å². The van der Waals surface area contributed by atoms with Crippen LogP contribution < -0.4 is 10.1 Å². The van der Waals surface area contributed by atoms with Gasteiger partial charge < -0.3 is 10.1 Å². The lowest BCUT2D eigenvalue weighted by molar-refractivity contribution is -0.121. The van der Waals surface area contributed by atoms with Gasteiger partial charge in [-0.15, -0.1) is 11.8 Å². The van der Waals surface area contributed by atoms with E-state index >= 15 is 0 Å². The van der Waals surface area contributed by atoms with E-state index < -0.39 is 0 Å². The van der Waals surface area contributed by atoms with Crippen molar-refractivity contribution in [3.63, 3.8) is 0 Å². The molecule has 2 fully saturated rings. The first-order valence-corrected chi connectivity index (χ1v) is 8.64. The predicted molar refractivity (Wildman–Crippen MR) is 85.7 cm³/mol. The number of fused-ring (bicyclic) bond motifs is 2. The van der Waals surface area contributed by atoms with Crippen LogP contribution in [0.25, 0.3) is 0 Å². The van der Waals surface area contributed by atoms with E-state index in [0.717, 1.165) is 22.5 Å². The number of nitrogens with one attached hydrogen (secondary N) is 1. The predicted octanol–water partition coefficient (Wildman–Crippen LogP) is 3.48. The highest BCUT2D eigenvalue weighted by atomic mass is 32.2. The molecule has 3 nitrogen and oxygen atoms in total. The van der Waals surface area contributed by atoms with Crippen LogP contribution in [0.3, 0.4) is 0 Å². The SMILES string of the molecule is COc1ccc(S[C@H](C)C(=O)N[C@H]2C[C@@H]3CC[C@@H]2C3)cc1. The lowest BCUT2D eigenvalue weighted by Crippen LogP contribution is -2.42. The molecule has 0 saturated heterocycles. The number of carbonyl (C=O) groups excluding carboxylic acids is 1. The van der Waals surface area contributed by atoms with Crippen LogP contribution in [0.2, 0.25) is 0 Å². The number of ether oxygens (including phenoxy) is 1. The Bertz CT molecular complexity index is 502. The molecule has 3 rings (SSSR count). The molecule has 1 aromatic carbocycles. The number of rotatable bonds is 5. The third-order valence-corrected chi connectivity index (χ3v) is 5.92.